The summed E-state index contributed by atoms with van der Waals surface area (Å²) in [6, 6.07) is 10.3. The highest BCUT2D eigenvalue weighted by molar-refractivity contribution is 14.1. The number of nitrogens with zero attached hydrogens (tertiary/aromatic N) is 2. The summed E-state index contributed by atoms with van der Waals surface area (Å²) in [7, 11) is 0. The van der Waals surface area contributed by atoms with E-state index in [1.54, 1.807) is 11.3 Å². The summed E-state index contributed by atoms with van der Waals surface area (Å²) >= 11 is 3.95. The molecule has 4 N–H and O–H groups in total. The second kappa shape index (κ2) is 6.12. The molecular weight excluding hydrogens is 397 g/mol. The molecule has 2 aromatic heterocycles. The molecule has 2 heterocycles. The lowest BCUT2D eigenvalue weighted by Crippen LogP contribution is -2.11. The van der Waals surface area contributed by atoms with Crippen LogP contribution in [0.3, 0.4) is 0 Å². The average Bonchev–Trinajstić information content (AvgIpc) is 2.90. The van der Waals surface area contributed by atoms with Gasteiger partial charge in [0, 0.05) is 14.1 Å². The van der Waals surface area contributed by atoms with Crippen LogP contribution in [-0.2, 0) is 6.42 Å². The largest absolute Gasteiger partial charge is 0.339 e. The molecular formula is C14H14IN5S. The number of rotatable bonds is 4. The second-order valence-electron chi connectivity index (χ2n) is 4.46. The Morgan fingerprint density at radius 1 is 1.29 bits per heavy atom. The van der Waals surface area contributed by atoms with Crippen LogP contribution in [0.5, 0.6) is 0 Å². The van der Waals surface area contributed by atoms with Crippen molar-refractivity contribution in [1.82, 2.24) is 9.97 Å². The van der Waals surface area contributed by atoms with E-state index >= 15 is 0 Å². The van der Waals surface area contributed by atoms with Crippen LogP contribution < -0.4 is 16.6 Å². The number of hydrazine groups is 1. The van der Waals surface area contributed by atoms with Crippen molar-refractivity contribution in [3.05, 3.63) is 38.8 Å². The second-order valence-corrected chi connectivity index (χ2v) is 6.82. The maximum Gasteiger partial charge on any atom is 0.240 e. The predicted molar refractivity (Wildman–Crippen MR) is 97.0 cm³/mol. The van der Waals surface area contributed by atoms with Crippen molar-refractivity contribution in [1.29, 1.82) is 0 Å². The highest BCUT2D eigenvalue weighted by Crippen LogP contribution is 2.32. The fourth-order valence-electron chi connectivity index (χ4n) is 2.01. The highest BCUT2D eigenvalue weighted by atomic mass is 127. The molecule has 0 aliphatic heterocycles. The van der Waals surface area contributed by atoms with Crippen LogP contribution in [-0.4, -0.2) is 9.97 Å². The standard InChI is InChI=1S/C14H14IN5S/c1-2-10-7-11-12(17-9-5-3-4-8(15)6-9)18-14(20-16)19-13(11)21-10/h3-7H,2,16H2,1H3,(H2,17,18,19,20). The van der Waals surface area contributed by atoms with Crippen LogP contribution >= 0.6 is 33.9 Å². The van der Waals surface area contributed by atoms with Crippen molar-refractivity contribution in [2.45, 2.75) is 13.3 Å². The normalized spacial score (nSPS) is 10.8. The number of halogens is 1. The minimum atomic E-state index is 0.417. The monoisotopic (exact) mass is 411 g/mol. The predicted octanol–water partition coefficient (Wildman–Crippen LogP) is 3.89. The molecule has 0 unspecified atom stereocenters. The van der Waals surface area contributed by atoms with Gasteiger partial charge in [-0.2, -0.15) is 4.98 Å². The van der Waals surface area contributed by atoms with E-state index in [0.29, 0.717) is 5.95 Å². The Labute approximate surface area is 140 Å². The van der Waals surface area contributed by atoms with Gasteiger partial charge in [0.25, 0.3) is 0 Å². The molecule has 1 aromatic carbocycles. The molecule has 21 heavy (non-hydrogen) atoms. The van der Waals surface area contributed by atoms with Crippen LogP contribution in [0.25, 0.3) is 10.2 Å². The molecule has 0 saturated heterocycles. The van der Waals surface area contributed by atoms with Gasteiger partial charge in [-0.25, -0.2) is 10.8 Å². The molecule has 0 spiro atoms. The van der Waals surface area contributed by atoms with Gasteiger partial charge in [-0.05, 0) is 53.3 Å². The van der Waals surface area contributed by atoms with Gasteiger partial charge in [0.05, 0.1) is 5.39 Å². The van der Waals surface area contributed by atoms with Gasteiger partial charge in [-0.1, -0.05) is 13.0 Å². The van der Waals surface area contributed by atoms with Gasteiger partial charge in [0.2, 0.25) is 5.95 Å². The summed E-state index contributed by atoms with van der Waals surface area (Å²) in [4.78, 5) is 11.1. The zero-order valence-electron chi connectivity index (χ0n) is 11.4. The Morgan fingerprint density at radius 2 is 2.14 bits per heavy atom. The Balaban J connectivity index is 2.09. The summed E-state index contributed by atoms with van der Waals surface area (Å²) in [5, 5.41) is 4.38. The summed E-state index contributed by atoms with van der Waals surface area (Å²) in [6.07, 6.45) is 0.981. The average molecular weight is 411 g/mol. The number of hydrogen-bond acceptors (Lipinski definition) is 6. The molecule has 0 aliphatic rings. The van der Waals surface area contributed by atoms with E-state index in [9.17, 15) is 0 Å². The third kappa shape index (κ3) is 3.09. The number of fused-ring (bicyclic) bond motifs is 1. The third-order valence-corrected chi connectivity index (χ3v) is 4.85. The van der Waals surface area contributed by atoms with Crippen molar-refractivity contribution in [3.8, 4) is 0 Å². The number of anilines is 3. The van der Waals surface area contributed by atoms with Crippen LogP contribution in [0.4, 0.5) is 17.5 Å². The third-order valence-electron chi connectivity index (χ3n) is 3.01. The first-order chi connectivity index (χ1) is 10.2. The molecule has 108 valence electrons. The highest BCUT2D eigenvalue weighted by Gasteiger charge is 2.11. The zero-order valence-corrected chi connectivity index (χ0v) is 14.3. The van der Waals surface area contributed by atoms with E-state index in [0.717, 1.165) is 28.1 Å². The Morgan fingerprint density at radius 3 is 2.86 bits per heavy atom. The number of aromatic nitrogens is 2. The number of aryl methyl sites for hydroxylation is 1. The van der Waals surface area contributed by atoms with Gasteiger partial charge in [-0.15, -0.1) is 11.3 Å². The number of thiophene rings is 1. The van der Waals surface area contributed by atoms with Crippen molar-refractivity contribution >= 4 is 61.6 Å². The van der Waals surface area contributed by atoms with Crippen LogP contribution in [0.1, 0.15) is 11.8 Å². The molecule has 7 heteroatoms. The number of nitrogens with one attached hydrogen (secondary N) is 2. The molecule has 0 saturated carbocycles. The maximum atomic E-state index is 5.47. The lowest BCUT2D eigenvalue weighted by Gasteiger charge is -2.08. The molecule has 3 rings (SSSR count). The minimum Gasteiger partial charge on any atom is -0.339 e. The molecule has 0 bridgehead atoms. The Kier molecular flexibility index (Phi) is 4.22. The first-order valence-electron chi connectivity index (χ1n) is 6.49. The van der Waals surface area contributed by atoms with Crippen molar-refractivity contribution in [2.24, 2.45) is 5.84 Å². The Hall–Kier alpha value is -1.45. The number of nitrogen functional groups attached to an aromatic ring is 1. The first-order valence-corrected chi connectivity index (χ1v) is 8.38. The van der Waals surface area contributed by atoms with Gasteiger partial charge >= 0.3 is 0 Å². The number of benzene rings is 1. The lowest BCUT2D eigenvalue weighted by atomic mass is 10.3. The number of nitrogens with two attached hydrogens (primary N) is 1. The van der Waals surface area contributed by atoms with Crippen LogP contribution in [0, 0.1) is 3.57 Å². The van der Waals surface area contributed by atoms with Crippen LogP contribution in [0.15, 0.2) is 30.3 Å². The first kappa shape index (κ1) is 14.5. The molecule has 3 aromatic rings. The fraction of sp³-hybridized carbons (Fsp3) is 0.143. The van der Waals surface area contributed by atoms with Gasteiger partial charge in [0.15, 0.2) is 0 Å². The topological polar surface area (TPSA) is 75.9 Å². The van der Waals surface area contributed by atoms with Crippen molar-refractivity contribution < 1.29 is 0 Å². The quantitative estimate of drug-likeness (QED) is 0.345. The molecule has 0 fully saturated rings. The smallest absolute Gasteiger partial charge is 0.240 e. The molecule has 0 aliphatic carbocycles. The van der Waals surface area contributed by atoms with E-state index in [1.807, 2.05) is 18.2 Å². The van der Waals surface area contributed by atoms with E-state index in [1.165, 1.54) is 8.45 Å². The molecule has 0 amide bonds. The van der Waals surface area contributed by atoms with Gasteiger partial charge < -0.3 is 5.32 Å². The number of hydrogen-bond donors (Lipinski definition) is 3. The SMILES string of the molecule is CCc1cc2c(Nc3cccc(I)c3)nc(NN)nc2s1. The lowest BCUT2D eigenvalue weighted by molar-refractivity contribution is 1.16. The van der Waals surface area contributed by atoms with E-state index in [2.05, 4.69) is 62.4 Å². The van der Waals surface area contributed by atoms with E-state index < -0.39 is 0 Å². The molecule has 5 nitrogen and oxygen atoms in total. The Bertz CT molecular complexity index is 786. The fourth-order valence-corrected chi connectivity index (χ4v) is 3.52. The van der Waals surface area contributed by atoms with Crippen molar-refractivity contribution in [3.63, 3.8) is 0 Å². The zero-order chi connectivity index (χ0) is 14.8. The van der Waals surface area contributed by atoms with Crippen LogP contribution in [0.2, 0.25) is 0 Å². The summed E-state index contributed by atoms with van der Waals surface area (Å²) in [5.41, 5.74) is 3.52. The van der Waals surface area contributed by atoms with E-state index in [4.69, 9.17) is 5.84 Å². The van der Waals surface area contributed by atoms with E-state index in [-0.39, 0.29) is 0 Å². The van der Waals surface area contributed by atoms with Crippen molar-refractivity contribution in [2.75, 3.05) is 10.7 Å². The summed E-state index contributed by atoms with van der Waals surface area (Å²) < 4.78 is 1.17. The van der Waals surface area contributed by atoms with Gasteiger partial charge in [-0.3, -0.25) is 5.43 Å². The van der Waals surface area contributed by atoms with Gasteiger partial charge in [0.1, 0.15) is 10.6 Å². The maximum absolute atomic E-state index is 5.47. The minimum absolute atomic E-state index is 0.417. The molecule has 0 atom stereocenters. The summed E-state index contributed by atoms with van der Waals surface area (Å²) in [5.74, 6) is 6.65. The molecule has 0 radical (unpaired) electrons. The summed E-state index contributed by atoms with van der Waals surface area (Å²) in [6.45, 7) is 2.13.